The van der Waals surface area contributed by atoms with Crippen molar-refractivity contribution in [3.63, 3.8) is 0 Å². The van der Waals surface area contributed by atoms with Gasteiger partial charge in [-0.3, -0.25) is 0 Å². The molecule has 0 N–H and O–H groups in total. The maximum absolute atomic E-state index is 12.5. The smallest absolute Gasteiger partial charge is 0.339 e. The Morgan fingerprint density at radius 1 is 0.531 bits per heavy atom. The van der Waals surface area contributed by atoms with Gasteiger partial charge in [-0.25, -0.2) is 9.59 Å². The summed E-state index contributed by atoms with van der Waals surface area (Å²) in [5.41, 5.74) is 0.596. The predicted octanol–water partition coefficient (Wildman–Crippen LogP) is 8.28. The summed E-state index contributed by atoms with van der Waals surface area (Å²) in [5, 5.41) is 0. The fraction of sp³-hybridized carbons (Fsp3) is 0.714. The Morgan fingerprint density at radius 3 is 1.19 bits per heavy atom. The Balaban J connectivity index is 2.22. The van der Waals surface area contributed by atoms with E-state index in [2.05, 4.69) is 13.8 Å². The first-order valence-electron chi connectivity index (χ1n) is 13.1. The molecule has 0 radical (unpaired) electrons. The lowest BCUT2D eigenvalue weighted by Gasteiger charge is -2.10. The molecule has 1 rings (SSSR count). The zero-order chi connectivity index (χ0) is 23.3. The number of rotatable bonds is 20. The minimum atomic E-state index is -0.440. The molecule has 4 nitrogen and oxygen atoms in total. The van der Waals surface area contributed by atoms with E-state index >= 15 is 0 Å². The molecule has 0 saturated carbocycles. The van der Waals surface area contributed by atoms with Crippen molar-refractivity contribution < 1.29 is 19.1 Å². The van der Waals surface area contributed by atoms with E-state index in [-0.39, 0.29) is 0 Å². The lowest BCUT2D eigenvalue weighted by atomic mass is 10.1. The van der Waals surface area contributed by atoms with E-state index in [9.17, 15) is 9.59 Å². The lowest BCUT2D eigenvalue weighted by molar-refractivity contribution is 0.0450. The third kappa shape index (κ3) is 13.5. The Kier molecular flexibility index (Phi) is 17.5. The number of esters is 2. The number of hydrogen-bond acceptors (Lipinski definition) is 4. The molecule has 0 atom stereocenters. The molecule has 0 heterocycles. The van der Waals surface area contributed by atoms with Crippen molar-refractivity contribution in [2.24, 2.45) is 0 Å². The van der Waals surface area contributed by atoms with Crippen molar-refractivity contribution in [2.45, 2.75) is 117 Å². The average molecular weight is 447 g/mol. The van der Waals surface area contributed by atoms with Crippen LogP contribution < -0.4 is 0 Å². The highest BCUT2D eigenvalue weighted by Crippen LogP contribution is 2.14. The molecule has 1 aromatic rings. The van der Waals surface area contributed by atoms with E-state index in [1.807, 2.05) is 0 Å². The summed E-state index contributed by atoms with van der Waals surface area (Å²) >= 11 is 0. The van der Waals surface area contributed by atoms with Gasteiger partial charge >= 0.3 is 11.9 Å². The Hall–Kier alpha value is -1.84. The van der Waals surface area contributed by atoms with E-state index in [1.165, 1.54) is 77.0 Å². The highest BCUT2D eigenvalue weighted by atomic mass is 16.5. The van der Waals surface area contributed by atoms with E-state index in [4.69, 9.17) is 9.47 Å². The molecule has 0 fully saturated rings. The second-order valence-electron chi connectivity index (χ2n) is 8.77. The number of carbonyl (C=O) groups is 2. The summed E-state index contributed by atoms with van der Waals surface area (Å²) in [7, 11) is 0. The van der Waals surface area contributed by atoms with Crippen LogP contribution in [0.5, 0.6) is 0 Å². The third-order valence-electron chi connectivity index (χ3n) is 5.83. The molecule has 0 bridgehead atoms. The van der Waals surface area contributed by atoms with Crippen LogP contribution in [0.3, 0.4) is 0 Å². The van der Waals surface area contributed by atoms with Crippen molar-refractivity contribution in [2.75, 3.05) is 13.2 Å². The fourth-order valence-corrected chi connectivity index (χ4v) is 3.80. The maximum atomic E-state index is 12.5. The van der Waals surface area contributed by atoms with E-state index in [0.717, 1.165) is 25.7 Å². The monoisotopic (exact) mass is 446 g/mol. The molecule has 0 saturated heterocycles. The van der Waals surface area contributed by atoms with E-state index in [0.29, 0.717) is 24.3 Å². The van der Waals surface area contributed by atoms with Gasteiger partial charge in [0.1, 0.15) is 0 Å². The Morgan fingerprint density at radius 2 is 0.844 bits per heavy atom. The maximum Gasteiger partial charge on any atom is 0.339 e. The van der Waals surface area contributed by atoms with Gasteiger partial charge in [0, 0.05) is 0 Å². The van der Waals surface area contributed by atoms with Crippen LogP contribution in [0.4, 0.5) is 0 Å². The second-order valence-corrected chi connectivity index (χ2v) is 8.77. The summed E-state index contributed by atoms with van der Waals surface area (Å²) in [6.07, 6.45) is 19.2. The lowest BCUT2D eigenvalue weighted by Crippen LogP contribution is -2.15. The van der Waals surface area contributed by atoms with E-state index in [1.54, 1.807) is 24.3 Å². The molecule has 0 amide bonds. The molecule has 4 heteroatoms. The molecular weight excluding hydrogens is 400 g/mol. The Labute approximate surface area is 196 Å². The third-order valence-corrected chi connectivity index (χ3v) is 5.83. The number of hydrogen-bond donors (Lipinski definition) is 0. The van der Waals surface area contributed by atoms with Crippen molar-refractivity contribution in [3.05, 3.63) is 35.4 Å². The molecule has 0 aliphatic rings. The summed E-state index contributed by atoms with van der Waals surface area (Å²) in [6.45, 7) is 5.24. The van der Waals surface area contributed by atoms with Crippen LogP contribution in [-0.4, -0.2) is 25.2 Å². The van der Waals surface area contributed by atoms with Crippen LogP contribution in [0.25, 0.3) is 0 Å². The molecule has 1 aromatic carbocycles. The van der Waals surface area contributed by atoms with Gasteiger partial charge in [0.25, 0.3) is 0 Å². The standard InChI is InChI=1S/C28H46O4/c1-3-5-7-9-11-12-13-14-16-20-24-32-28(30)26-22-18-17-21-25(26)27(29)31-23-19-15-10-8-6-4-2/h17-18,21-22H,3-16,19-20,23-24H2,1-2H3. The molecule has 0 aliphatic carbocycles. The normalized spacial score (nSPS) is 10.8. The van der Waals surface area contributed by atoms with Crippen molar-refractivity contribution >= 4 is 11.9 Å². The Bertz CT molecular complexity index is 611. The molecule has 0 aromatic heterocycles. The number of unbranched alkanes of at least 4 members (excludes halogenated alkanes) is 14. The van der Waals surface area contributed by atoms with Gasteiger partial charge in [-0.1, -0.05) is 116 Å². The van der Waals surface area contributed by atoms with Crippen LogP contribution in [0.2, 0.25) is 0 Å². The predicted molar refractivity (Wildman–Crippen MR) is 132 cm³/mol. The van der Waals surface area contributed by atoms with Gasteiger partial charge in [-0.05, 0) is 25.0 Å². The van der Waals surface area contributed by atoms with Crippen molar-refractivity contribution in [3.8, 4) is 0 Å². The van der Waals surface area contributed by atoms with Crippen LogP contribution in [0.1, 0.15) is 137 Å². The number of benzene rings is 1. The fourth-order valence-electron chi connectivity index (χ4n) is 3.80. The molecule has 32 heavy (non-hydrogen) atoms. The van der Waals surface area contributed by atoms with Gasteiger partial charge in [0.05, 0.1) is 24.3 Å². The summed E-state index contributed by atoms with van der Waals surface area (Å²) in [6, 6.07) is 6.78. The van der Waals surface area contributed by atoms with Gasteiger partial charge in [-0.15, -0.1) is 0 Å². The molecule has 182 valence electrons. The highest BCUT2D eigenvalue weighted by Gasteiger charge is 2.18. The zero-order valence-corrected chi connectivity index (χ0v) is 20.7. The minimum absolute atomic E-state index is 0.298. The summed E-state index contributed by atoms with van der Waals surface area (Å²) < 4.78 is 10.8. The summed E-state index contributed by atoms with van der Waals surface area (Å²) in [4.78, 5) is 24.9. The first-order valence-corrected chi connectivity index (χ1v) is 13.1. The van der Waals surface area contributed by atoms with Crippen LogP contribution in [0.15, 0.2) is 24.3 Å². The molecular formula is C28H46O4. The number of carbonyl (C=O) groups excluding carboxylic acids is 2. The second kappa shape index (κ2) is 19.8. The van der Waals surface area contributed by atoms with Crippen LogP contribution >= 0.6 is 0 Å². The van der Waals surface area contributed by atoms with Gasteiger partial charge in [-0.2, -0.15) is 0 Å². The molecule has 0 spiro atoms. The van der Waals surface area contributed by atoms with Gasteiger partial charge < -0.3 is 9.47 Å². The SMILES string of the molecule is CCCCCCCCCCCCOC(=O)c1ccccc1C(=O)OCCCCCCCC. The topological polar surface area (TPSA) is 52.6 Å². The average Bonchev–Trinajstić information content (AvgIpc) is 2.81. The highest BCUT2D eigenvalue weighted by molar-refractivity contribution is 6.03. The minimum Gasteiger partial charge on any atom is -0.462 e. The quantitative estimate of drug-likeness (QED) is 0.149. The van der Waals surface area contributed by atoms with Gasteiger partial charge in [0.15, 0.2) is 0 Å². The first kappa shape index (κ1) is 28.2. The molecule has 0 aliphatic heterocycles. The first-order chi connectivity index (χ1) is 15.7. The summed E-state index contributed by atoms with van der Waals surface area (Å²) in [5.74, 6) is -0.877. The largest absolute Gasteiger partial charge is 0.462 e. The number of ether oxygens (including phenoxy) is 2. The zero-order valence-electron chi connectivity index (χ0n) is 20.7. The molecule has 0 unspecified atom stereocenters. The van der Waals surface area contributed by atoms with Crippen molar-refractivity contribution in [1.82, 2.24) is 0 Å². The van der Waals surface area contributed by atoms with Crippen molar-refractivity contribution in [1.29, 1.82) is 0 Å². The van der Waals surface area contributed by atoms with Crippen LogP contribution in [0, 0.1) is 0 Å². The van der Waals surface area contributed by atoms with Crippen LogP contribution in [-0.2, 0) is 9.47 Å². The van der Waals surface area contributed by atoms with Gasteiger partial charge in [0.2, 0.25) is 0 Å². The van der Waals surface area contributed by atoms with E-state index < -0.39 is 11.9 Å².